The average Bonchev–Trinajstić information content (AvgIpc) is 3.49. The van der Waals surface area contributed by atoms with E-state index in [2.05, 4.69) is 13.8 Å². The molecule has 4 aromatic carbocycles. The number of aldehydes is 2. The van der Waals surface area contributed by atoms with Gasteiger partial charge in [0, 0.05) is 35.3 Å². The van der Waals surface area contributed by atoms with Crippen LogP contribution in [-0.2, 0) is 9.59 Å². The molecule has 0 saturated heterocycles. The predicted octanol–water partition coefficient (Wildman–Crippen LogP) is 7.85. The fourth-order valence-electron chi connectivity index (χ4n) is 6.08. The lowest BCUT2D eigenvalue weighted by Crippen LogP contribution is -2.30. The molecule has 0 atom stereocenters. The maximum atomic E-state index is 14.2. The maximum absolute atomic E-state index is 14.2. The summed E-state index contributed by atoms with van der Waals surface area (Å²) in [6, 6.07) is 26.7. The highest BCUT2D eigenvalue weighted by atomic mass is 16.2. The summed E-state index contributed by atoms with van der Waals surface area (Å²) in [6.45, 7) is 5.31. The molecule has 0 aliphatic carbocycles. The third-order valence-corrected chi connectivity index (χ3v) is 8.51. The molecule has 2 aliphatic rings. The summed E-state index contributed by atoms with van der Waals surface area (Å²) in [7, 11) is 0. The van der Waals surface area contributed by atoms with Crippen LogP contribution in [-0.4, -0.2) is 37.5 Å². The van der Waals surface area contributed by atoms with E-state index in [-0.39, 0.29) is 11.8 Å². The number of nitrogens with zero attached hydrogens (tertiary/aromatic N) is 2. The molecule has 0 spiro atoms. The molecule has 2 aliphatic heterocycles. The number of carbonyl (C=O) groups excluding carboxylic acids is 4. The highest BCUT2D eigenvalue weighted by Crippen LogP contribution is 2.48. The summed E-state index contributed by atoms with van der Waals surface area (Å²) < 4.78 is 0. The van der Waals surface area contributed by atoms with Crippen LogP contribution in [0.25, 0.3) is 33.4 Å². The van der Waals surface area contributed by atoms with Crippen LogP contribution in [0.5, 0.6) is 0 Å². The van der Waals surface area contributed by atoms with Gasteiger partial charge in [0.1, 0.15) is 12.6 Å². The second-order valence-corrected chi connectivity index (χ2v) is 11.3. The fourth-order valence-corrected chi connectivity index (χ4v) is 6.08. The van der Waals surface area contributed by atoms with Crippen molar-refractivity contribution in [1.29, 1.82) is 0 Å². The molecule has 2 heterocycles. The molecule has 44 heavy (non-hydrogen) atoms. The zero-order valence-electron chi connectivity index (χ0n) is 25.0. The Labute approximate surface area is 257 Å². The first-order chi connectivity index (χ1) is 21.5. The van der Waals surface area contributed by atoms with Gasteiger partial charge in [-0.15, -0.1) is 0 Å². The molecule has 220 valence electrons. The third kappa shape index (κ3) is 5.06. The summed E-state index contributed by atoms with van der Waals surface area (Å²) >= 11 is 0. The normalized spacial score (nSPS) is 15.5. The van der Waals surface area contributed by atoms with E-state index in [1.807, 2.05) is 70.5 Å². The molecule has 0 fully saturated rings. The predicted molar refractivity (Wildman–Crippen MR) is 176 cm³/mol. The van der Waals surface area contributed by atoms with Gasteiger partial charge < -0.3 is 9.80 Å². The highest BCUT2D eigenvalue weighted by molar-refractivity contribution is 6.50. The molecular formula is C38H34N2O4. The van der Waals surface area contributed by atoms with Crippen molar-refractivity contribution in [3.8, 4) is 22.3 Å². The van der Waals surface area contributed by atoms with E-state index in [1.54, 1.807) is 24.3 Å². The molecule has 2 amide bonds. The van der Waals surface area contributed by atoms with E-state index < -0.39 is 0 Å². The van der Waals surface area contributed by atoms with Gasteiger partial charge in [-0.3, -0.25) is 19.2 Å². The van der Waals surface area contributed by atoms with Crippen molar-refractivity contribution in [2.45, 2.75) is 39.5 Å². The lowest BCUT2D eigenvalue weighted by molar-refractivity contribution is -0.114. The number of unbranched alkanes of at least 4 members (excludes halogenated alkanes) is 2. The summed E-state index contributed by atoms with van der Waals surface area (Å²) in [5.74, 6) is -0.302. The number of fused-ring (bicyclic) bond motifs is 2. The van der Waals surface area contributed by atoms with E-state index in [4.69, 9.17) is 0 Å². The zero-order chi connectivity index (χ0) is 30.8. The molecule has 6 rings (SSSR count). The van der Waals surface area contributed by atoms with Crippen molar-refractivity contribution in [3.05, 3.63) is 107 Å². The number of rotatable bonds is 10. The molecule has 0 unspecified atom stereocenters. The van der Waals surface area contributed by atoms with Crippen molar-refractivity contribution in [2.24, 2.45) is 0 Å². The molecular weight excluding hydrogens is 548 g/mol. The van der Waals surface area contributed by atoms with E-state index in [1.165, 1.54) is 0 Å². The Balaban J connectivity index is 1.50. The van der Waals surface area contributed by atoms with Crippen LogP contribution in [0.4, 0.5) is 11.4 Å². The zero-order valence-corrected chi connectivity index (χ0v) is 25.0. The van der Waals surface area contributed by atoms with Crippen molar-refractivity contribution < 1.29 is 19.2 Å². The van der Waals surface area contributed by atoms with Crippen molar-refractivity contribution in [3.63, 3.8) is 0 Å². The molecule has 0 bridgehead atoms. The van der Waals surface area contributed by atoms with Gasteiger partial charge in [-0.1, -0.05) is 99.5 Å². The van der Waals surface area contributed by atoms with Crippen LogP contribution in [0, 0.1) is 0 Å². The molecule has 6 nitrogen and oxygen atoms in total. The molecule has 0 radical (unpaired) electrons. The second-order valence-electron chi connectivity index (χ2n) is 11.3. The smallest absolute Gasteiger partial charge is 0.259 e. The van der Waals surface area contributed by atoms with E-state index in [0.29, 0.717) is 35.4 Å². The Morgan fingerprint density at radius 2 is 0.886 bits per heavy atom. The number of carbonyl (C=O) groups is 4. The standard InChI is InChI=1S/C38H34N2O4/c1-3-5-19-39-33-21-29(27-11-7-25(23-41)8-12-27)15-17-31(33)35(37(39)43)36-32-18-16-30(28-13-9-26(24-42)10-14-28)22-34(32)40(38(36)44)20-6-4-2/h7-18,21-24H,3-6,19-20H2,1-2H3/b36-35-. The van der Waals surface area contributed by atoms with Gasteiger partial charge in [0.2, 0.25) is 0 Å². The van der Waals surface area contributed by atoms with Crippen LogP contribution in [0.1, 0.15) is 71.4 Å². The SMILES string of the molecule is CCCCN1C(=O)/C(=C2\C(=O)N(CCCC)c3cc(-c4ccc(C=O)cc4)ccc32)c2ccc(-c3ccc(C=O)cc3)cc21. The lowest BCUT2D eigenvalue weighted by atomic mass is 9.93. The number of hydrogen-bond donors (Lipinski definition) is 0. The minimum Gasteiger partial charge on any atom is -0.308 e. The largest absolute Gasteiger partial charge is 0.308 e. The topological polar surface area (TPSA) is 74.8 Å². The molecule has 4 aromatic rings. The fraction of sp³-hybridized carbons (Fsp3) is 0.211. The molecule has 0 aromatic heterocycles. The van der Waals surface area contributed by atoms with E-state index >= 15 is 0 Å². The van der Waals surface area contributed by atoms with E-state index in [0.717, 1.165) is 83.0 Å². The molecule has 0 saturated carbocycles. The van der Waals surface area contributed by atoms with Crippen LogP contribution in [0.2, 0.25) is 0 Å². The number of amides is 2. The Hall–Kier alpha value is -5.10. The summed E-state index contributed by atoms with van der Waals surface area (Å²) in [5, 5.41) is 0. The average molecular weight is 583 g/mol. The number of anilines is 2. The lowest BCUT2D eigenvalue weighted by Gasteiger charge is -2.18. The van der Waals surface area contributed by atoms with Crippen molar-refractivity contribution in [2.75, 3.05) is 22.9 Å². The Kier molecular flexibility index (Phi) is 8.07. The molecule has 6 heteroatoms. The van der Waals surface area contributed by atoms with Gasteiger partial charge in [-0.05, 0) is 47.2 Å². The quantitative estimate of drug-likeness (QED) is 0.141. The minimum absolute atomic E-state index is 0.151. The van der Waals surface area contributed by atoms with E-state index in [9.17, 15) is 19.2 Å². The number of benzene rings is 4. The first-order valence-corrected chi connectivity index (χ1v) is 15.3. The van der Waals surface area contributed by atoms with Gasteiger partial charge in [-0.2, -0.15) is 0 Å². The van der Waals surface area contributed by atoms with Gasteiger partial charge >= 0.3 is 0 Å². The van der Waals surface area contributed by atoms with Gasteiger partial charge in [0.25, 0.3) is 11.8 Å². The van der Waals surface area contributed by atoms with Gasteiger partial charge in [-0.25, -0.2) is 0 Å². The highest BCUT2D eigenvalue weighted by Gasteiger charge is 2.42. The van der Waals surface area contributed by atoms with Crippen LogP contribution < -0.4 is 9.80 Å². The van der Waals surface area contributed by atoms with Crippen molar-refractivity contribution >= 4 is 46.9 Å². The van der Waals surface area contributed by atoms with Crippen molar-refractivity contribution in [1.82, 2.24) is 0 Å². The summed E-state index contributed by atoms with van der Waals surface area (Å²) in [4.78, 5) is 54.4. The van der Waals surface area contributed by atoms with Gasteiger partial charge in [0.15, 0.2) is 0 Å². The van der Waals surface area contributed by atoms with Crippen LogP contribution >= 0.6 is 0 Å². The Bertz CT molecular complexity index is 1670. The maximum Gasteiger partial charge on any atom is 0.259 e. The second kappa shape index (κ2) is 12.3. The summed E-state index contributed by atoms with van der Waals surface area (Å²) in [6.07, 6.45) is 5.18. The van der Waals surface area contributed by atoms with Crippen LogP contribution in [0.15, 0.2) is 84.9 Å². The minimum atomic E-state index is -0.151. The third-order valence-electron chi connectivity index (χ3n) is 8.51. The Morgan fingerprint density at radius 3 is 1.23 bits per heavy atom. The first kappa shape index (κ1) is 29.0. The van der Waals surface area contributed by atoms with Crippen LogP contribution in [0.3, 0.4) is 0 Å². The Morgan fingerprint density at radius 1 is 0.523 bits per heavy atom. The monoisotopic (exact) mass is 582 g/mol. The first-order valence-electron chi connectivity index (χ1n) is 15.3. The number of hydrogen-bond acceptors (Lipinski definition) is 4. The molecule has 0 N–H and O–H groups in total. The van der Waals surface area contributed by atoms with Gasteiger partial charge in [0.05, 0.1) is 22.5 Å². The summed E-state index contributed by atoms with van der Waals surface area (Å²) in [5.41, 5.74) is 9.02.